The molecule has 19 heavy (non-hydrogen) atoms. The average Bonchev–Trinajstić information content (AvgIpc) is 2.89. The number of nitrogens with zero attached hydrogens (tertiary/aromatic N) is 3. The molecule has 0 fully saturated rings. The normalized spacial score (nSPS) is 12.9. The van der Waals surface area contributed by atoms with Gasteiger partial charge in [0.25, 0.3) is 0 Å². The van der Waals surface area contributed by atoms with Crippen molar-refractivity contribution in [3.8, 4) is 0 Å². The molecule has 1 atom stereocenters. The van der Waals surface area contributed by atoms with Gasteiger partial charge in [0.15, 0.2) is 0 Å². The van der Waals surface area contributed by atoms with Gasteiger partial charge in [-0.3, -0.25) is 4.98 Å². The minimum atomic E-state index is -0.572. The summed E-state index contributed by atoms with van der Waals surface area (Å²) in [6.07, 6.45) is 2.79. The third-order valence-corrected chi connectivity index (χ3v) is 3.93. The van der Waals surface area contributed by atoms with Crippen LogP contribution >= 0.6 is 11.5 Å². The van der Waals surface area contributed by atoms with Crippen LogP contribution in [0.15, 0.2) is 18.3 Å². The van der Waals surface area contributed by atoms with Gasteiger partial charge in [-0.2, -0.15) is 0 Å². The number of hydrogen-bond donors (Lipinski definition) is 1. The molecule has 0 aliphatic rings. The maximum Gasteiger partial charge on any atom is 0.0972 e. The second-order valence-electron chi connectivity index (χ2n) is 4.91. The highest BCUT2D eigenvalue weighted by atomic mass is 32.1. The zero-order valence-electron chi connectivity index (χ0n) is 11.5. The molecular weight excluding hydrogens is 258 g/mol. The van der Waals surface area contributed by atoms with Crippen molar-refractivity contribution in [2.45, 2.75) is 45.6 Å². The van der Waals surface area contributed by atoms with E-state index in [-0.39, 0.29) is 5.92 Å². The van der Waals surface area contributed by atoms with Crippen molar-refractivity contribution in [3.63, 3.8) is 0 Å². The molecule has 0 radical (unpaired) electrons. The van der Waals surface area contributed by atoms with Crippen LogP contribution in [0.3, 0.4) is 0 Å². The van der Waals surface area contributed by atoms with Crippen molar-refractivity contribution in [2.75, 3.05) is 0 Å². The predicted octanol–water partition coefficient (Wildman–Crippen LogP) is 2.90. The van der Waals surface area contributed by atoms with Gasteiger partial charge in [-0.1, -0.05) is 31.3 Å². The summed E-state index contributed by atoms with van der Waals surface area (Å²) in [5.74, 6) is 0.277. The van der Waals surface area contributed by atoms with Crippen LogP contribution < -0.4 is 0 Å². The van der Waals surface area contributed by atoms with Crippen LogP contribution in [0, 0.1) is 0 Å². The van der Waals surface area contributed by atoms with Crippen molar-refractivity contribution in [1.29, 1.82) is 0 Å². The Balaban J connectivity index is 2.11. The van der Waals surface area contributed by atoms with Crippen LogP contribution in [0.25, 0.3) is 0 Å². The van der Waals surface area contributed by atoms with E-state index in [1.165, 1.54) is 17.1 Å². The fourth-order valence-electron chi connectivity index (χ4n) is 1.91. The largest absolute Gasteiger partial charge is 0.387 e. The van der Waals surface area contributed by atoms with E-state index in [2.05, 4.69) is 41.4 Å². The number of rotatable bonds is 5. The molecule has 0 amide bonds. The lowest BCUT2D eigenvalue weighted by atomic mass is 10.0. The molecule has 0 saturated heterocycles. The quantitative estimate of drug-likeness (QED) is 0.913. The SMILES string of the molecule is CCc1ccc(CC(O)c2snnc2C(C)C)nc1. The maximum absolute atomic E-state index is 10.3. The smallest absolute Gasteiger partial charge is 0.0972 e. The van der Waals surface area contributed by atoms with Gasteiger partial charge in [0.05, 0.1) is 16.7 Å². The van der Waals surface area contributed by atoms with Crippen LogP contribution in [-0.4, -0.2) is 19.7 Å². The van der Waals surface area contributed by atoms with Gasteiger partial charge in [-0.15, -0.1) is 5.10 Å². The highest BCUT2D eigenvalue weighted by molar-refractivity contribution is 7.05. The van der Waals surface area contributed by atoms with Crippen LogP contribution in [-0.2, 0) is 12.8 Å². The van der Waals surface area contributed by atoms with E-state index in [1.807, 2.05) is 12.3 Å². The van der Waals surface area contributed by atoms with Crippen molar-refractivity contribution in [2.24, 2.45) is 0 Å². The first kappa shape index (κ1) is 14.1. The van der Waals surface area contributed by atoms with E-state index in [1.54, 1.807) is 0 Å². The fraction of sp³-hybridized carbons (Fsp3) is 0.500. The molecule has 0 aliphatic carbocycles. The number of aromatic nitrogens is 3. The number of aliphatic hydroxyl groups excluding tert-OH is 1. The second-order valence-corrected chi connectivity index (χ2v) is 5.69. The van der Waals surface area contributed by atoms with E-state index in [9.17, 15) is 5.11 Å². The van der Waals surface area contributed by atoms with Crippen LogP contribution in [0.4, 0.5) is 0 Å². The summed E-state index contributed by atoms with van der Waals surface area (Å²) < 4.78 is 3.94. The van der Waals surface area contributed by atoms with Gasteiger partial charge in [0, 0.05) is 18.3 Å². The van der Waals surface area contributed by atoms with E-state index in [0.29, 0.717) is 6.42 Å². The van der Waals surface area contributed by atoms with E-state index < -0.39 is 6.10 Å². The molecule has 2 aromatic heterocycles. The summed E-state index contributed by atoms with van der Waals surface area (Å²) in [6, 6.07) is 4.04. The molecule has 0 aromatic carbocycles. The minimum absolute atomic E-state index is 0.277. The molecule has 1 N–H and O–H groups in total. The van der Waals surface area contributed by atoms with Crippen molar-refractivity contribution < 1.29 is 5.11 Å². The number of pyridine rings is 1. The average molecular weight is 277 g/mol. The van der Waals surface area contributed by atoms with E-state index in [4.69, 9.17) is 0 Å². The summed E-state index contributed by atoms with van der Waals surface area (Å²) in [5.41, 5.74) is 3.00. The highest BCUT2D eigenvalue weighted by Crippen LogP contribution is 2.28. The fourth-order valence-corrected chi connectivity index (χ4v) is 2.70. The Labute approximate surface area is 117 Å². The van der Waals surface area contributed by atoms with Gasteiger partial charge < -0.3 is 5.11 Å². The topological polar surface area (TPSA) is 58.9 Å². The first-order chi connectivity index (χ1) is 9.11. The molecule has 0 spiro atoms. The predicted molar refractivity (Wildman–Crippen MR) is 76.3 cm³/mol. The van der Waals surface area contributed by atoms with Gasteiger partial charge in [0.1, 0.15) is 0 Å². The van der Waals surface area contributed by atoms with Crippen molar-refractivity contribution in [3.05, 3.63) is 40.2 Å². The highest BCUT2D eigenvalue weighted by Gasteiger charge is 2.19. The summed E-state index contributed by atoms with van der Waals surface area (Å²) in [6.45, 7) is 6.21. The molecule has 2 aromatic rings. The molecule has 0 saturated carbocycles. The zero-order valence-corrected chi connectivity index (χ0v) is 12.3. The first-order valence-electron chi connectivity index (χ1n) is 6.55. The minimum Gasteiger partial charge on any atom is -0.387 e. The van der Waals surface area contributed by atoms with E-state index in [0.717, 1.165) is 22.7 Å². The van der Waals surface area contributed by atoms with Crippen molar-refractivity contribution >= 4 is 11.5 Å². The monoisotopic (exact) mass is 277 g/mol. The molecule has 0 aliphatic heterocycles. The molecule has 1 unspecified atom stereocenters. The number of aliphatic hydroxyl groups is 1. The third-order valence-electron chi connectivity index (χ3n) is 3.09. The maximum atomic E-state index is 10.3. The standard InChI is InChI=1S/C14H19N3OS/c1-4-10-5-6-11(15-8-10)7-12(18)14-13(9(2)3)16-17-19-14/h5-6,8-9,12,18H,4,7H2,1-3H3. The van der Waals surface area contributed by atoms with Crippen LogP contribution in [0.5, 0.6) is 0 Å². The molecule has 5 heteroatoms. The third kappa shape index (κ3) is 3.36. The van der Waals surface area contributed by atoms with Gasteiger partial charge >= 0.3 is 0 Å². The molecule has 4 nitrogen and oxygen atoms in total. The van der Waals surface area contributed by atoms with E-state index >= 15 is 0 Å². The summed E-state index contributed by atoms with van der Waals surface area (Å²) in [7, 11) is 0. The Morgan fingerprint density at radius 2 is 2.11 bits per heavy atom. The lowest BCUT2D eigenvalue weighted by Crippen LogP contribution is -2.05. The zero-order chi connectivity index (χ0) is 13.8. The summed E-state index contributed by atoms with van der Waals surface area (Å²) in [5, 5.41) is 14.4. The summed E-state index contributed by atoms with van der Waals surface area (Å²) >= 11 is 1.27. The lowest BCUT2D eigenvalue weighted by molar-refractivity contribution is 0.179. The first-order valence-corrected chi connectivity index (χ1v) is 7.33. The Kier molecular flexibility index (Phi) is 4.61. The van der Waals surface area contributed by atoms with Crippen LogP contribution in [0.1, 0.15) is 54.6 Å². The molecular formula is C14H19N3OS. The molecule has 102 valence electrons. The van der Waals surface area contributed by atoms with Crippen molar-refractivity contribution in [1.82, 2.24) is 14.6 Å². The Hall–Kier alpha value is -1.33. The summed E-state index contributed by atoms with van der Waals surface area (Å²) in [4.78, 5) is 5.24. The van der Waals surface area contributed by atoms with Gasteiger partial charge in [0.2, 0.25) is 0 Å². The number of aryl methyl sites for hydroxylation is 1. The molecule has 2 rings (SSSR count). The number of hydrogen-bond acceptors (Lipinski definition) is 5. The van der Waals surface area contributed by atoms with Gasteiger partial charge in [-0.05, 0) is 35.5 Å². The Morgan fingerprint density at radius 3 is 2.68 bits per heavy atom. The molecule has 2 heterocycles. The Morgan fingerprint density at radius 1 is 1.32 bits per heavy atom. The molecule has 0 bridgehead atoms. The Bertz CT molecular complexity index is 522. The van der Waals surface area contributed by atoms with Crippen LogP contribution in [0.2, 0.25) is 0 Å². The second kappa shape index (κ2) is 6.21. The lowest BCUT2D eigenvalue weighted by Gasteiger charge is -2.11. The van der Waals surface area contributed by atoms with Gasteiger partial charge in [-0.25, -0.2) is 0 Å².